The molecule has 2 aromatic rings. The van der Waals surface area contributed by atoms with Crippen LogP contribution in [-0.4, -0.2) is 51.5 Å². The van der Waals surface area contributed by atoms with Gasteiger partial charge in [0.1, 0.15) is 6.04 Å². The lowest BCUT2D eigenvalue weighted by atomic mass is 10.0. The van der Waals surface area contributed by atoms with Crippen molar-refractivity contribution in [1.82, 2.24) is 15.2 Å². The van der Waals surface area contributed by atoms with Gasteiger partial charge in [-0.25, -0.2) is 0 Å². The number of carbonyl (C=O) groups is 2. The standard InChI is InChI=1S/C22H30N4O3.ClH/c1-13(2)19(23)22(29)26-12-17(27)10-18(26)21(28)25-11-15-4-6-16(7-5-15)20-14(3)8-9-24-20;/h4-9,13,17-19,24,27H,10-12,23H2,1-3H3,(H,25,28);1H/t17-,18+,19+;/m1./s1. The number of β-amino-alcohol motifs (C(OH)–C–C–N with tert-alkyl or cyclic N) is 1. The first-order valence-electron chi connectivity index (χ1n) is 10.0. The van der Waals surface area contributed by atoms with Crippen molar-refractivity contribution in [2.24, 2.45) is 11.7 Å². The molecule has 0 spiro atoms. The van der Waals surface area contributed by atoms with Crippen molar-refractivity contribution in [3.05, 3.63) is 47.7 Å². The topological polar surface area (TPSA) is 111 Å². The molecule has 3 rings (SSSR count). The highest BCUT2D eigenvalue weighted by molar-refractivity contribution is 5.90. The molecule has 2 heterocycles. The number of aromatic nitrogens is 1. The van der Waals surface area contributed by atoms with Crippen LogP contribution in [0.4, 0.5) is 0 Å². The number of nitrogens with one attached hydrogen (secondary N) is 2. The van der Waals surface area contributed by atoms with Gasteiger partial charge < -0.3 is 26.0 Å². The molecule has 1 aromatic heterocycles. The van der Waals surface area contributed by atoms with Crippen molar-refractivity contribution in [3.63, 3.8) is 0 Å². The fourth-order valence-electron chi connectivity index (χ4n) is 3.64. The molecule has 0 unspecified atom stereocenters. The van der Waals surface area contributed by atoms with E-state index in [9.17, 15) is 14.7 Å². The minimum Gasteiger partial charge on any atom is -0.391 e. The minimum absolute atomic E-state index is 0. The van der Waals surface area contributed by atoms with Gasteiger partial charge in [0.15, 0.2) is 0 Å². The number of hydrogen-bond donors (Lipinski definition) is 4. The summed E-state index contributed by atoms with van der Waals surface area (Å²) in [6.07, 6.45) is 1.43. The van der Waals surface area contributed by atoms with Gasteiger partial charge in [-0.2, -0.15) is 0 Å². The molecule has 7 nitrogen and oxygen atoms in total. The largest absolute Gasteiger partial charge is 0.391 e. The van der Waals surface area contributed by atoms with Crippen LogP contribution in [0.3, 0.4) is 0 Å². The summed E-state index contributed by atoms with van der Waals surface area (Å²) in [5, 5.41) is 12.9. The van der Waals surface area contributed by atoms with Crippen molar-refractivity contribution in [2.45, 2.75) is 51.9 Å². The fraction of sp³-hybridized carbons (Fsp3) is 0.455. The summed E-state index contributed by atoms with van der Waals surface area (Å²) >= 11 is 0. The molecule has 8 heteroatoms. The Balaban J connectivity index is 0.00000320. The lowest BCUT2D eigenvalue weighted by molar-refractivity contribution is -0.140. The molecule has 0 aliphatic carbocycles. The number of nitrogens with two attached hydrogens (primary N) is 1. The second kappa shape index (κ2) is 10.1. The molecule has 5 N–H and O–H groups in total. The van der Waals surface area contributed by atoms with E-state index in [-0.39, 0.29) is 43.1 Å². The summed E-state index contributed by atoms with van der Waals surface area (Å²) in [5.74, 6) is -0.594. The van der Waals surface area contributed by atoms with Crippen LogP contribution in [0.15, 0.2) is 36.5 Å². The van der Waals surface area contributed by atoms with Gasteiger partial charge in [-0.3, -0.25) is 9.59 Å². The number of halogens is 1. The molecule has 0 bridgehead atoms. The van der Waals surface area contributed by atoms with Gasteiger partial charge in [0.2, 0.25) is 11.8 Å². The highest BCUT2D eigenvalue weighted by Crippen LogP contribution is 2.22. The second-order valence-electron chi connectivity index (χ2n) is 8.12. The van der Waals surface area contributed by atoms with Crippen LogP contribution in [-0.2, 0) is 16.1 Å². The Bertz CT molecular complexity index is 866. The zero-order chi connectivity index (χ0) is 21.1. The molecule has 1 aliphatic rings. The van der Waals surface area contributed by atoms with Gasteiger partial charge >= 0.3 is 0 Å². The van der Waals surface area contributed by atoms with E-state index in [0.717, 1.165) is 16.8 Å². The maximum Gasteiger partial charge on any atom is 0.243 e. The van der Waals surface area contributed by atoms with Crippen LogP contribution in [0.5, 0.6) is 0 Å². The van der Waals surface area contributed by atoms with E-state index < -0.39 is 18.2 Å². The van der Waals surface area contributed by atoms with E-state index in [1.54, 1.807) is 0 Å². The summed E-state index contributed by atoms with van der Waals surface area (Å²) in [4.78, 5) is 30.0. The van der Waals surface area contributed by atoms with Gasteiger partial charge in [-0.1, -0.05) is 38.1 Å². The normalized spacial score (nSPS) is 19.5. The number of aliphatic hydroxyl groups is 1. The Morgan fingerprint density at radius 3 is 2.50 bits per heavy atom. The number of amides is 2. The third-order valence-corrected chi connectivity index (χ3v) is 5.53. The summed E-state index contributed by atoms with van der Waals surface area (Å²) in [5.41, 5.74) is 10.3. The fourth-order valence-corrected chi connectivity index (χ4v) is 3.64. The molecule has 0 saturated carbocycles. The minimum atomic E-state index is -0.711. The van der Waals surface area contributed by atoms with Gasteiger partial charge in [-0.15, -0.1) is 12.4 Å². The summed E-state index contributed by atoms with van der Waals surface area (Å²) in [6, 6.07) is 8.61. The summed E-state index contributed by atoms with van der Waals surface area (Å²) in [6.45, 7) is 6.27. The van der Waals surface area contributed by atoms with Gasteiger partial charge in [0, 0.05) is 31.4 Å². The van der Waals surface area contributed by atoms with Crippen LogP contribution >= 0.6 is 12.4 Å². The first-order chi connectivity index (χ1) is 13.8. The van der Waals surface area contributed by atoms with E-state index in [2.05, 4.69) is 10.3 Å². The molecule has 1 aliphatic heterocycles. The van der Waals surface area contributed by atoms with Crippen LogP contribution in [0.2, 0.25) is 0 Å². The maximum atomic E-state index is 12.7. The number of likely N-dealkylation sites (tertiary alicyclic amines) is 1. The predicted molar refractivity (Wildman–Crippen MR) is 119 cm³/mol. The quantitative estimate of drug-likeness (QED) is 0.556. The van der Waals surface area contributed by atoms with Crippen molar-refractivity contribution >= 4 is 24.2 Å². The summed E-state index contributed by atoms with van der Waals surface area (Å²) < 4.78 is 0. The van der Waals surface area contributed by atoms with Crippen LogP contribution < -0.4 is 11.1 Å². The van der Waals surface area contributed by atoms with E-state index in [1.165, 1.54) is 10.5 Å². The third-order valence-electron chi connectivity index (χ3n) is 5.53. The zero-order valence-corrected chi connectivity index (χ0v) is 18.4. The number of aromatic amines is 1. The predicted octanol–water partition coefficient (Wildman–Crippen LogP) is 1.97. The van der Waals surface area contributed by atoms with E-state index in [1.807, 2.05) is 57.3 Å². The molecule has 2 amide bonds. The van der Waals surface area contributed by atoms with Crippen molar-refractivity contribution in [3.8, 4) is 11.3 Å². The van der Waals surface area contributed by atoms with Gasteiger partial charge in [0.05, 0.1) is 12.1 Å². The number of benzene rings is 1. The summed E-state index contributed by atoms with van der Waals surface area (Å²) in [7, 11) is 0. The molecule has 1 fully saturated rings. The molecule has 30 heavy (non-hydrogen) atoms. The highest BCUT2D eigenvalue weighted by atomic mass is 35.5. The maximum absolute atomic E-state index is 12.7. The van der Waals surface area contributed by atoms with Gasteiger partial charge in [0.25, 0.3) is 0 Å². The lowest BCUT2D eigenvalue weighted by Crippen LogP contribution is -2.52. The van der Waals surface area contributed by atoms with Gasteiger partial charge in [-0.05, 0) is 35.6 Å². The first kappa shape index (κ1) is 23.9. The van der Waals surface area contributed by atoms with Crippen molar-refractivity contribution in [1.29, 1.82) is 0 Å². The van der Waals surface area contributed by atoms with E-state index in [0.29, 0.717) is 6.54 Å². The Labute approximate surface area is 183 Å². The average molecular weight is 435 g/mol. The Morgan fingerprint density at radius 2 is 1.93 bits per heavy atom. The molecular formula is C22H31ClN4O3. The number of nitrogens with zero attached hydrogens (tertiary/aromatic N) is 1. The van der Waals surface area contributed by atoms with Crippen molar-refractivity contribution < 1.29 is 14.7 Å². The van der Waals surface area contributed by atoms with Crippen LogP contribution in [0, 0.1) is 12.8 Å². The number of aryl methyl sites for hydroxylation is 1. The Hall–Kier alpha value is -2.35. The molecule has 0 radical (unpaired) electrons. The highest BCUT2D eigenvalue weighted by Gasteiger charge is 2.40. The molecule has 1 saturated heterocycles. The van der Waals surface area contributed by atoms with Crippen LogP contribution in [0.1, 0.15) is 31.4 Å². The second-order valence-corrected chi connectivity index (χ2v) is 8.12. The molecule has 164 valence electrons. The van der Waals surface area contributed by atoms with E-state index in [4.69, 9.17) is 5.73 Å². The Morgan fingerprint density at radius 1 is 1.27 bits per heavy atom. The van der Waals surface area contributed by atoms with E-state index >= 15 is 0 Å². The average Bonchev–Trinajstić information content (AvgIpc) is 3.30. The van der Waals surface area contributed by atoms with Crippen LogP contribution in [0.25, 0.3) is 11.3 Å². The van der Waals surface area contributed by atoms with Crippen molar-refractivity contribution in [2.75, 3.05) is 6.54 Å². The lowest BCUT2D eigenvalue weighted by Gasteiger charge is -2.27. The monoisotopic (exact) mass is 434 g/mol. The molecule has 3 atom stereocenters. The number of aliphatic hydroxyl groups excluding tert-OH is 1. The molecular weight excluding hydrogens is 404 g/mol. The first-order valence-corrected chi connectivity index (χ1v) is 10.0. The third kappa shape index (κ3) is 5.22. The Kier molecular flexibility index (Phi) is 8.06. The SMILES string of the molecule is Cc1cc[nH]c1-c1ccc(CNC(=O)[C@@H]2C[C@@H](O)CN2C(=O)[C@@H](N)C(C)C)cc1.Cl. The number of carbonyl (C=O) groups excluding carboxylic acids is 2. The number of H-pyrrole nitrogens is 1. The zero-order valence-electron chi connectivity index (χ0n) is 17.6. The smallest absolute Gasteiger partial charge is 0.243 e. The number of hydrogen-bond acceptors (Lipinski definition) is 4. The molecule has 1 aromatic carbocycles. The number of rotatable bonds is 6.